The van der Waals surface area contributed by atoms with E-state index in [4.69, 9.17) is 14.1 Å². The van der Waals surface area contributed by atoms with Crippen LogP contribution in [-0.2, 0) is 32.8 Å². The monoisotopic (exact) mass is 840 g/mol. The van der Waals surface area contributed by atoms with Gasteiger partial charge >= 0.3 is 12.2 Å². The molecule has 0 aliphatic carbocycles. The van der Waals surface area contributed by atoms with E-state index in [1.54, 1.807) is 48.8 Å². The summed E-state index contributed by atoms with van der Waals surface area (Å²) in [5.74, 6) is 0. The highest BCUT2D eigenvalue weighted by Gasteiger charge is 2.35. The van der Waals surface area contributed by atoms with E-state index in [9.17, 15) is 39.9 Å². The van der Waals surface area contributed by atoms with Gasteiger partial charge in [0.15, 0.2) is 0 Å². The molecule has 316 valence electrons. The first-order chi connectivity index (χ1) is 30.1. The molecular weight excluding hydrogens is 799 g/mol. The number of imidazole rings is 2. The van der Waals surface area contributed by atoms with Crippen molar-refractivity contribution in [3.63, 3.8) is 0 Å². The van der Waals surface area contributed by atoms with Crippen LogP contribution in [0.15, 0.2) is 177 Å². The fraction of sp³-hybridized carbons (Fsp3) is 0.136. The van der Waals surface area contributed by atoms with Crippen LogP contribution in [0.25, 0.3) is 0 Å². The molecule has 17 nitrogen and oxygen atoms in total. The predicted molar refractivity (Wildman–Crippen MR) is 219 cm³/mol. The van der Waals surface area contributed by atoms with Crippen molar-refractivity contribution in [2.75, 3.05) is 6.61 Å². The average Bonchev–Trinajstić information content (AvgIpc) is 4.06. The molecule has 0 saturated heterocycles. The number of carbonyl (C=O) groups excluding carboxylic acids is 2. The Balaban J connectivity index is 0.000000181. The predicted octanol–water partition coefficient (Wildman–Crippen LogP) is 5.31. The van der Waals surface area contributed by atoms with Crippen molar-refractivity contribution in [3.05, 3.63) is 225 Å². The van der Waals surface area contributed by atoms with Crippen LogP contribution in [0.1, 0.15) is 40.7 Å². The zero-order valence-corrected chi connectivity index (χ0v) is 33.1. The van der Waals surface area contributed by atoms with E-state index in [0.29, 0.717) is 17.5 Å². The van der Waals surface area contributed by atoms with Gasteiger partial charge < -0.3 is 24.2 Å². The third kappa shape index (κ3) is 12.6. The smallest absolute Gasteiger partial charge is 0.511 e. The van der Waals surface area contributed by atoms with Gasteiger partial charge in [0, 0.05) is 24.2 Å². The summed E-state index contributed by atoms with van der Waals surface area (Å²) in [5, 5.41) is 42.9. The Hall–Kier alpha value is -7.80. The lowest BCUT2D eigenvalue weighted by atomic mass is 9.67. The summed E-state index contributed by atoms with van der Waals surface area (Å²) >= 11 is 0. The van der Waals surface area contributed by atoms with Crippen LogP contribution < -0.4 is 20.0 Å². The molecule has 0 aliphatic rings. The van der Waals surface area contributed by atoms with Crippen molar-refractivity contribution in [1.82, 2.24) is 9.13 Å². The number of aromatic nitrogens is 4. The molecule has 2 aromatic heterocycles. The number of H-pyrrole nitrogens is 2. The lowest BCUT2D eigenvalue weighted by Gasteiger charge is -2.37. The number of nitro groups is 2. The van der Waals surface area contributed by atoms with E-state index in [2.05, 4.69) is 46.4 Å². The molecule has 0 saturated carbocycles. The number of hydrogen-bond acceptors (Lipinski definition) is 11. The summed E-state index contributed by atoms with van der Waals surface area (Å²) in [4.78, 5) is 48.9. The molecule has 0 fully saturated rings. The van der Waals surface area contributed by atoms with Gasteiger partial charge in [0.25, 0.3) is 24.0 Å². The van der Waals surface area contributed by atoms with Gasteiger partial charge in [-0.3, -0.25) is 20.2 Å². The molecule has 0 aliphatic heterocycles. The third-order valence-electron chi connectivity index (χ3n) is 9.34. The summed E-state index contributed by atoms with van der Waals surface area (Å²) < 4.78 is 17.1. The molecule has 0 radical (unpaired) electrons. The largest absolute Gasteiger partial charge is 0.871 e. The van der Waals surface area contributed by atoms with Crippen molar-refractivity contribution < 1.29 is 53.6 Å². The highest BCUT2D eigenvalue weighted by molar-refractivity contribution is 6.28. The number of hydrogen-bond donors (Lipinski definition) is 0. The molecule has 5 aromatic carbocycles. The number of carbonyl (C=O) groups is 2. The van der Waals surface area contributed by atoms with Gasteiger partial charge in [-0.2, -0.15) is 9.59 Å². The summed E-state index contributed by atoms with van der Waals surface area (Å²) in [6.07, 6.45) is 9.08. The van der Waals surface area contributed by atoms with Gasteiger partial charge in [0.2, 0.25) is 0 Å². The number of rotatable bonds is 14. The SMILES string of the molecule is O=C(OCc1ccccc1[N+](=O)[O-])n1cc[nH+]c1.O=C(OCc1ccccc1[N+](=O)[O-])n1cc[nH+]c1.[O-]B([O-])OCCCC(c1ccccc1)(c1ccccc1)c1ccccc1. The number of aromatic amines is 2. The average molecular weight is 841 g/mol. The van der Waals surface area contributed by atoms with E-state index in [0.717, 1.165) is 6.42 Å². The van der Waals surface area contributed by atoms with Gasteiger partial charge in [0.1, 0.15) is 38.0 Å². The summed E-state index contributed by atoms with van der Waals surface area (Å²) in [7, 11) is -2.23. The minimum absolute atomic E-state index is 0.0654. The van der Waals surface area contributed by atoms with E-state index in [1.807, 2.05) is 54.6 Å². The maximum atomic E-state index is 11.5. The van der Waals surface area contributed by atoms with Crippen molar-refractivity contribution >= 4 is 30.9 Å². The highest BCUT2D eigenvalue weighted by Crippen LogP contribution is 2.43. The fourth-order valence-electron chi connectivity index (χ4n) is 6.47. The lowest BCUT2D eigenvalue weighted by molar-refractivity contribution is -0.386. The first-order valence-corrected chi connectivity index (χ1v) is 19.1. The summed E-state index contributed by atoms with van der Waals surface area (Å²) in [6, 6.07) is 43.3. The molecule has 7 aromatic rings. The Labute approximate surface area is 355 Å². The number of nitrogens with one attached hydrogen (secondary N) is 2. The van der Waals surface area contributed by atoms with Gasteiger partial charge in [-0.05, 0) is 41.7 Å². The maximum Gasteiger partial charge on any atom is 0.511 e. The van der Waals surface area contributed by atoms with Gasteiger partial charge in [-0.25, -0.2) is 9.97 Å². The normalized spacial score (nSPS) is 10.5. The van der Waals surface area contributed by atoms with Crippen molar-refractivity contribution in [2.24, 2.45) is 0 Å². The van der Waals surface area contributed by atoms with Crippen LogP contribution in [0.4, 0.5) is 21.0 Å². The first kappa shape index (κ1) is 45.3. The van der Waals surface area contributed by atoms with Crippen LogP contribution >= 0.6 is 0 Å². The van der Waals surface area contributed by atoms with Crippen molar-refractivity contribution in [1.29, 1.82) is 0 Å². The van der Waals surface area contributed by atoms with E-state index in [1.165, 1.54) is 63.0 Å². The van der Waals surface area contributed by atoms with Crippen LogP contribution in [0.5, 0.6) is 0 Å². The fourth-order valence-corrected chi connectivity index (χ4v) is 6.47. The molecule has 18 heteroatoms. The van der Waals surface area contributed by atoms with Crippen LogP contribution in [0, 0.1) is 20.2 Å². The Kier molecular flexibility index (Phi) is 16.9. The summed E-state index contributed by atoms with van der Waals surface area (Å²) in [6.45, 7) is -0.131. The summed E-state index contributed by atoms with van der Waals surface area (Å²) in [5.41, 5.74) is 3.75. The van der Waals surface area contributed by atoms with Crippen molar-refractivity contribution in [3.8, 4) is 0 Å². The van der Waals surface area contributed by atoms with Crippen LogP contribution in [0.3, 0.4) is 0 Å². The van der Waals surface area contributed by atoms with E-state index >= 15 is 0 Å². The standard InChI is InChI=1S/C22H21BO3.2C11H9N3O4/c24-23(25)26-18-10-17-22(19-11-4-1-5-12-19,20-13-6-2-7-14-20)21-15-8-3-9-16-21;2*15-11(13-6-5-12-8-13)18-7-9-3-1-2-4-10(9)14(16)17/h1-9,11-16H,10,17-18H2;2*1-6,8H,7H2/q-2;;/p+2. The molecule has 0 atom stereocenters. The second-order valence-electron chi connectivity index (χ2n) is 13.2. The Morgan fingerprint density at radius 1 is 0.581 bits per heavy atom. The first-order valence-electron chi connectivity index (χ1n) is 19.1. The molecule has 2 heterocycles. The quantitative estimate of drug-likeness (QED) is 0.0447. The molecular formula is C44H41BN6O11. The van der Waals surface area contributed by atoms with Gasteiger partial charge in [0.05, 0.1) is 28.3 Å². The van der Waals surface area contributed by atoms with Gasteiger partial charge in [-0.1, -0.05) is 115 Å². The second kappa shape index (κ2) is 23.1. The van der Waals surface area contributed by atoms with Crippen LogP contribution in [0.2, 0.25) is 0 Å². The van der Waals surface area contributed by atoms with Crippen molar-refractivity contribution in [2.45, 2.75) is 31.5 Å². The second-order valence-corrected chi connectivity index (χ2v) is 13.2. The zero-order valence-electron chi connectivity index (χ0n) is 33.1. The number of para-hydroxylation sites is 2. The molecule has 0 bridgehead atoms. The molecule has 2 N–H and O–H groups in total. The lowest BCUT2D eigenvalue weighted by Crippen LogP contribution is -2.48. The third-order valence-corrected chi connectivity index (χ3v) is 9.34. The number of ether oxygens (including phenoxy) is 2. The molecule has 0 amide bonds. The van der Waals surface area contributed by atoms with Crippen LogP contribution in [-0.4, -0.2) is 45.1 Å². The zero-order chi connectivity index (χ0) is 44.2. The molecule has 0 spiro atoms. The Morgan fingerprint density at radius 3 is 1.29 bits per heavy atom. The minimum atomic E-state index is -2.23. The molecule has 7 rings (SSSR count). The Morgan fingerprint density at radius 2 is 0.952 bits per heavy atom. The van der Waals surface area contributed by atoms with Gasteiger partial charge in [-0.15, -0.1) is 9.13 Å². The van der Waals surface area contributed by atoms with E-state index < -0.39 is 29.4 Å². The highest BCUT2D eigenvalue weighted by atomic mass is 16.6. The maximum absolute atomic E-state index is 11.5. The van der Waals surface area contributed by atoms with E-state index in [-0.39, 0.29) is 36.6 Å². The number of nitrogens with zero attached hydrogens (tertiary/aromatic N) is 4. The number of nitro benzene ring substituents is 2. The minimum Gasteiger partial charge on any atom is -0.871 e. The molecule has 0 unspecified atom stereocenters. The Bertz CT molecular complexity index is 2260. The molecule has 62 heavy (non-hydrogen) atoms. The topological polar surface area (TPSA) is 232 Å². The number of benzene rings is 5.